The van der Waals surface area contributed by atoms with Gasteiger partial charge in [0.25, 0.3) is 5.91 Å². The summed E-state index contributed by atoms with van der Waals surface area (Å²) in [6, 6.07) is 12.4. The van der Waals surface area contributed by atoms with Gasteiger partial charge in [0.1, 0.15) is 5.75 Å². The summed E-state index contributed by atoms with van der Waals surface area (Å²) >= 11 is 0. The number of nitrogens with one attached hydrogen (secondary N) is 1. The van der Waals surface area contributed by atoms with Crippen molar-refractivity contribution in [2.75, 3.05) is 18.5 Å². The summed E-state index contributed by atoms with van der Waals surface area (Å²) in [5.74, 6) is -0.771. The fourth-order valence-corrected chi connectivity index (χ4v) is 2.71. The average molecular weight is 383 g/mol. The summed E-state index contributed by atoms with van der Waals surface area (Å²) in [6.07, 6.45) is 1.58. The largest absolute Gasteiger partial charge is 0.482 e. The maximum absolute atomic E-state index is 12.2. The zero-order chi connectivity index (χ0) is 20.5. The fraction of sp³-hybridized carbons (Fsp3) is 0.318. The molecule has 0 heterocycles. The molecule has 0 saturated heterocycles. The molecule has 0 saturated carbocycles. The van der Waals surface area contributed by atoms with Crippen LogP contribution in [0.3, 0.4) is 0 Å². The fourth-order valence-electron chi connectivity index (χ4n) is 2.71. The minimum atomic E-state index is -0.664. The van der Waals surface area contributed by atoms with Crippen LogP contribution in [0.25, 0.3) is 0 Å². The Labute approximate surface area is 164 Å². The Morgan fingerprint density at radius 3 is 2.18 bits per heavy atom. The lowest BCUT2D eigenvalue weighted by atomic mass is 10.0. The van der Waals surface area contributed by atoms with Gasteiger partial charge in [-0.05, 0) is 43.0 Å². The number of esters is 1. The maximum atomic E-state index is 12.2. The molecule has 2 aromatic rings. The number of ketones is 1. The molecular weight excluding hydrogens is 358 g/mol. The minimum absolute atomic E-state index is 0.0940. The number of anilines is 1. The Kier molecular flexibility index (Phi) is 7.75. The van der Waals surface area contributed by atoms with E-state index in [1.54, 1.807) is 24.3 Å². The highest BCUT2D eigenvalue weighted by Gasteiger charge is 2.13. The van der Waals surface area contributed by atoms with Crippen molar-refractivity contribution in [1.29, 1.82) is 0 Å². The average Bonchev–Trinajstić information content (AvgIpc) is 2.71. The molecule has 0 aliphatic rings. The third-order valence-corrected chi connectivity index (χ3v) is 4.22. The number of carbonyl (C=O) groups excluding carboxylic acids is 3. The van der Waals surface area contributed by atoms with Gasteiger partial charge in [0, 0.05) is 11.3 Å². The van der Waals surface area contributed by atoms with Gasteiger partial charge in [0.2, 0.25) is 0 Å². The molecule has 148 valence electrons. The molecule has 6 heteroatoms. The highest BCUT2D eigenvalue weighted by molar-refractivity contribution is 5.95. The van der Waals surface area contributed by atoms with Crippen molar-refractivity contribution in [1.82, 2.24) is 0 Å². The van der Waals surface area contributed by atoms with Crippen molar-refractivity contribution in [3.8, 4) is 5.75 Å². The predicted molar refractivity (Wildman–Crippen MR) is 107 cm³/mol. The first kappa shape index (κ1) is 21.2. The number of aryl methyl sites for hydroxylation is 2. The second-order valence-corrected chi connectivity index (χ2v) is 6.24. The van der Waals surface area contributed by atoms with Gasteiger partial charge in [0.15, 0.2) is 19.0 Å². The van der Waals surface area contributed by atoms with Gasteiger partial charge < -0.3 is 14.8 Å². The van der Waals surface area contributed by atoms with Crippen LogP contribution in [0.2, 0.25) is 0 Å². The molecule has 1 N–H and O–H groups in total. The third-order valence-electron chi connectivity index (χ3n) is 4.22. The molecule has 2 aromatic carbocycles. The van der Waals surface area contributed by atoms with Gasteiger partial charge in [-0.2, -0.15) is 0 Å². The number of carbonyl (C=O) groups is 3. The molecule has 0 aliphatic carbocycles. The van der Waals surface area contributed by atoms with Gasteiger partial charge in [-0.3, -0.25) is 9.59 Å². The SMILES string of the molecule is CCc1cccc(CC)c1NC(=O)COC(=O)COc1cccc(C(C)=O)c1. The van der Waals surface area contributed by atoms with E-state index in [9.17, 15) is 14.4 Å². The number of rotatable bonds is 9. The van der Waals surface area contributed by atoms with Gasteiger partial charge in [0.05, 0.1) is 0 Å². The summed E-state index contributed by atoms with van der Waals surface area (Å²) in [6.45, 7) is 4.75. The molecule has 2 rings (SSSR count). The molecular formula is C22H25NO5. The Hall–Kier alpha value is -3.15. The van der Waals surface area contributed by atoms with Gasteiger partial charge in [-0.1, -0.05) is 44.2 Å². The third kappa shape index (κ3) is 5.94. The van der Waals surface area contributed by atoms with E-state index in [0.29, 0.717) is 11.3 Å². The first-order valence-corrected chi connectivity index (χ1v) is 9.24. The van der Waals surface area contributed by atoms with Crippen LogP contribution in [0.1, 0.15) is 42.3 Å². The van der Waals surface area contributed by atoms with Crippen LogP contribution in [0.15, 0.2) is 42.5 Å². The molecule has 0 aromatic heterocycles. The second kappa shape index (κ2) is 10.3. The molecule has 0 bridgehead atoms. The van der Waals surface area contributed by atoms with Crippen molar-refractivity contribution >= 4 is 23.3 Å². The number of Topliss-reactive ketones (excluding diaryl/α,β-unsaturated/α-hetero) is 1. The number of hydrogen-bond donors (Lipinski definition) is 1. The van der Waals surface area contributed by atoms with Crippen LogP contribution in [0, 0.1) is 0 Å². The Morgan fingerprint density at radius 1 is 0.929 bits per heavy atom. The van der Waals surface area contributed by atoms with E-state index >= 15 is 0 Å². The van der Waals surface area contributed by atoms with E-state index in [2.05, 4.69) is 5.32 Å². The smallest absolute Gasteiger partial charge is 0.344 e. The van der Waals surface area contributed by atoms with Gasteiger partial charge in [-0.25, -0.2) is 4.79 Å². The summed E-state index contributed by atoms with van der Waals surface area (Å²) in [5.41, 5.74) is 3.35. The van der Waals surface area contributed by atoms with Crippen molar-refractivity contribution in [3.05, 3.63) is 59.2 Å². The lowest BCUT2D eigenvalue weighted by Crippen LogP contribution is -2.24. The topological polar surface area (TPSA) is 81.7 Å². The molecule has 28 heavy (non-hydrogen) atoms. The summed E-state index contributed by atoms with van der Waals surface area (Å²) in [7, 11) is 0. The lowest BCUT2D eigenvalue weighted by molar-refractivity contribution is -0.149. The summed E-state index contributed by atoms with van der Waals surface area (Å²) in [5, 5.41) is 2.84. The van der Waals surface area contributed by atoms with Crippen LogP contribution in [0.4, 0.5) is 5.69 Å². The van der Waals surface area contributed by atoms with Crippen LogP contribution in [-0.4, -0.2) is 30.9 Å². The molecule has 0 fully saturated rings. The van der Waals surface area contributed by atoms with Crippen LogP contribution < -0.4 is 10.1 Å². The Morgan fingerprint density at radius 2 is 1.57 bits per heavy atom. The van der Waals surface area contributed by atoms with Crippen LogP contribution in [-0.2, 0) is 27.2 Å². The van der Waals surface area contributed by atoms with E-state index in [4.69, 9.17) is 9.47 Å². The van der Waals surface area contributed by atoms with Crippen molar-refractivity contribution in [2.24, 2.45) is 0 Å². The number of amides is 1. The molecule has 0 spiro atoms. The predicted octanol–water partition coefficient (Wildman–Crippen LogP) is 3.57. The quantitative estimate of drug-likeness (QED) is 0.529. The van der Waals surface area contributed by atoms with E-state index in [0.717, 1.165) is 29.7 Å². The summed E-state index contributed by atoms with van der Waals surface area (Å²) in [4.78, 5) is 35.4. The Balaban J connectivity index is 1.85. The first-order chi connectivity index (χ1) is 13.4. The second-order valence-electron chi connectivity index (χ2n) is 6.24. The van der Waals surface area contributed by atoms with E-state index in [1.807, 2.05) is 32.0 Å². The number of hydrogen-bond acceptors (Lipinski definition) is 5. The molecule has 1 amide bonds. The summed E-state index contributed by atoms with van der Waals surface area (Å²) < 4.78 is 10.3. The number of benzene rings is 2. The van der Waals surface area contributed by atoms with Crippen molar-refractivity contribution < 1.29 is 23.9 Å². The molecule has 0 radical (unpaired) electrons. The maximum Gasteiger partial charge on any atom is 0.344 e. The first-order valence-electron chi connectivity index (χ1n) is 9.24. The zero-order valence-electron chi connectivity index (χ0n) is 16.4. The number of para-hydroxylation sites is 1. The van der Waals surface area contributed by atoms with E-state index in [1.165, 1.54) is 6.92 Å². The zero-order valence-corrected chi connectivity index (χ0v) is 16.4. The minimum Gasteiger partial charge on any atom is -0.482 e. The van der Waals surface area contributed by atoms with Crippen molar-refractivity contribution in [2.45, 2.75) is 33.6 Å². The van der Waals surface area contributed by atoms with E-state index in [-0.39, 0.29) is 12.4 Å². The van der Waals surface area contributed by atoms with Gasteiger partial charge in [-0.15, -0.1) is 0 Å². The standard InChI is InChI=1S/C22H25NO5/c1-4-16-8-6-9-17(5-2)22(16)23-20(25)13-28-21(26)14-27-19-11-7-10-18(12-19)15(3)24/h6-12H,4-5,13-14H2,1-3H3,(H,23,25). The number of ether oxygens (including phenoxy) is 2. The van der Waals surface area contributed by atoms with E-state index < -0.39 is 18.5 Å². The highest BCUT2D eigenvalue weighted by atomic mass is 16.6. The normalized spacial score (nSPS) is 10.2. The molecule has 6 nitrogen and oxygen atoms in total. The lowest BCUT2D eigenvalue weighted by Gasteiger charge is -2.14. The highest BCUT2D eigenvalue weighted by Crippen LogP contribution is 2.22. The molecule has 0 unspecified atom stereocenters. The van der Waals surface area contributed by atoms with Gasteiger partial charge >= 0.3 is 5.97 Å². The Bertz CT molecular complexity index is 838. The van der Waals surface area contributed by atoms with Crippen LogP contribution in [0.5, 0.6) is 5.75 Å². The monoisotopic (exact) mass is 383 g/mol. The molecule has 0 aliphatic heterocycles. The van der Waals surface area contributed by atoms with Crippen molar-refractivity contribution in [3.63, 3.8) is 0 Å². The molecule has 0 atom stereocenters. The van der Waals surface area contributed by atoms with Crippen LogP contribution >= 0.6 is 0 Å².